The van der Waals surface area contributed by atoms with Crippen molar-refractivity contribution >= 4 is 10.9 Å². The van der Waals surface area contributed by atoms with Crippen LogP contribution < -0.4 is 10.1 Å². The van der Waals surface area contributed by atoms with Gasteiger partial charge in [-0.05, 0) is 42.8 Å². The maximum atomic E-state index is 5.91. The highest BCUT2D eigenvalue weighted by Crippen LogP contribution is 2.22. The first-order chi connectivity index (χ1) is 11.9. The van der Waals surface area contributed by atoms with E-state index in [1.165, 1.54) is 29.3 Å². The summed E-state index contributed by atoms with van der Waals surface area (Å²) in [5.74, 6) is 0.921. The molecule has 0 aliphatic heterocycles. The van der Waals surface area contributed by atoms with E-state index >= 15 is 0 Å². The van der Waals surface area contributed by atoms with Crippen LogP contribution in [0.4, 0.5) is 0 Å². The molecule has 0 radical (unpaired) electrons. The molecule has 0 saturated carbocycles. The summed E-state index contributed by atoms with van der Waals surface area (Å²) >= 11 is 0. The van der Waals surface area contributed by atoms with Gasteiger partial charge in [-0.25, -0.2) is 0 Å². The Kier molecular flexibility index (Phi) is 5.91. The van der Waals surface area contributed by atoms with Crippen molar-refractivity contribution in [1.82, 2.24) is 9.88 Å². The minimum atomic E-state index is 0.606. The molecule has 3 rings (SSSR count). The van der Waals surface area contributed by atoms with Crippen LogP contribution in [0.3, 0.4) is 0 Å². The summed E-state index contributed by atoms with van der Waals surface area (Å²) in [6.45, 7) is 5.94. The van der Waals surface area contributed by atoms with Crippen LogP contribution in [-0.2, 0) is 13.2 Å². The molecule has 3 nitrogen and oxygen atoms in total. The van der Waals surface area contributed by atoms with E-state index in [0.29, 0.717) is 6.61 Å². The number of nitrogens with one attached hydrogen (secondary N) is 1. The predicted molar refractivity (Wildman–Crippen MR) is 100 cm³/mol. The quantitative estimate of drug-likeness (QED) is 0.582. The molecule has 0 saturated heterocycles. The fraction of sp³-hybridized carbons (Fsp3) is 0.333. The molecule has 24 heavy (non-hydrogen) atoms. The van der Waals surface area contributed by atoms with Crippen molar-refractivity contribution in [3.63, 3.8) is 0 Å². The lowest BCUT2D eigenvalue weighted by atomic mass is 10.2. The number of fused-ring (bicyclic) bond motifs is 1. The predicted octanol–water partition coefficient (Wildman–Crippen LogP) is 4.61. The maximum absolute atomic E-state index is 5.91. The second-order valence-electron chi connectivity index (χ2n) is 6.11. The van der Waals surface area contributed by atoms with E-state index in [1.807, 2.05) is 18.2 Å². The molecule has 1 aromatic heterocycles. The highest BCUT2D eigenvalue weighted by atomic mass is 16.5. The van der Waals surface area contributed by atoms with Crippen molar-refractivity contribution in [2.45, 2.75) is 32.9 Å². The zero-order chi connectivity index (χ0) is 16.6. The number of hydrogen-bond acceptors (Lipinski definition) is 2. The second-order valence-corrected chi connectivity index (χ2v) is 6.11. The van der Waals surface area contributed by atoms with Gasteiger partial charge in [0.25, 0.3) is 0 Å². The Morgan fingerprint density at radius 3 is 2.71 bits per heavy atom. The molecule has 1 N–H and O–H groups in total. The molecule has 0 aliphatic rings. The van der Waals surface area contributed by atoms with Gasteiger partial charge >= 0.3 is 0 Å². The summed E-state index contributed by atoms with van der Waals surface area (Å²) in [7, 11) is 0. The number of aromatic nitrogens is 1. The summed E-state index contributed by atoms with van der Waals surface area (Å²) < 4.78 is 8.21. The largest absolute Gasteiger partial charge is 0.489 e. The van der Waals surface area contributed by atoms with Gasteiger partial charge < -0.3 is 14.6 Å². The lowest BCUT2D eigenvalue weighted by molar-refractivity contribution is 0.306. The lowest BCUT2D eigenvalue weighted by Crippen LogP contribution is -2.20. The van der Waals surface area contributed by atoms with E-state index in [0.717, 1.165) is 25.4 Å². The minimum Gasteiger partial charge on any atom is -0.489 e. The Labute approximate surface area is 144 Å². The molecule has 126 valence electrons. The van der Waals surface area contributed by atoms with Crippen molar-refractivity contribution < 1.29 is 4.74 Å². The van der Waals surface area contributed by atoms with Crippen molar-refractivity contribution in [3.05, 3.63) is 66.4 Å². The molecule has 1 heterocycles. The third-order valence-electron chi connectivity index (χ3n) is 4.23. The molecule has 0 fully saturated rings. The molecule has 0 amide bonds. The number of hydrogen-bond donors (Lipinski definition) is 1. The SMILES string of the molecule is CCCCNCCn1ccc2cc(OCc3ccccc3)ccc21. The first-order valence-corrected chi connectivity index (χ1v) is 8.83. The minimum absolute atomic E-state index is 0.606. The molecule has 0 bridgehead atoms. The third kappa shape index (κ3) is 4.39. The summed E-state index contributed by atoms with van der Waals surface area (Å²) in [5.41, 5.74) is 2.45. The van der Waals surface area contributed by atoms with E-state index < -0.39 is 0 Å². The molecule has 2 aromatic carbocycles. The Morgan fingerprint density at radius 2 is 1.88 bits per heavy atom. The molecule has 0 atom stereocenters. The number of benzene rings is 2. The maximum Gasteiger partial charge on any atom is 0.120 e. The second kappa shape index (κ2) is 8.55. The standard InChI is InChI=1S/C21H26N2O/c1-2-3-12-22-13-15-23-14-11-19-16-20(9-10-21(19)23)24-17-18-7-5-4-6-8-18/h4-11,14,16,22H,2-3,12-13,15,17H2,1H3. The van der Waals surface area contributed by atoms with E-state index in [9.17, 15) is 0 Å². The molecular weight excluding hydrogens is 296 g/mol. The number of unbranched alkanes of at least 4 members (excludes halogenated alkanes) is 1. The van der Waals surface area contributed by atoms with Crippen LogP contribution in [0, 0.1) is 0 Å². The van der Waals surface area contributed by atoms with Crippen molar-refractivity contribution in [1.29, 1.82) is 0 Å². The Balaban J connectivity index is 1.58. The van der Waals surface area contributed by atoms with E-state index in [4.69, 9.17) is 4.74 Å². The zero-order valence-corrected chi connectivity index (χ0v) is 14.4. The van der Waals surface area contributed by atoms with Crippen molar-refractivity contribution in [2.24, 2.45) is 0 Å². The third-order valence-corrected chi connectivity index (χ3v) is 4.23. The fourth-order valence-electron chi connectivity index (χ4n) is 2.83. The molecule has 0 spiro atoms. The Bertz CT molecular complexity index is 749. The van der Waals surface area contributed by atoms with Crippen LogP contribution in [0.1, 0.15) is 25.3 Å². The first-order valence-electron chi connectivity index (χ1n) is 8.83. The first kappa shape index (κ1) is 16.6. The summed E-state index contributed by atoms with van der Waals surface area (Å²) in [6.07, 6.45) is 4.65. The topological polar surface area (TPSA) is 26.2 Å². The van der Waals surface area contributed by atoms with Gasteiger partial charge in [0.15, 0.2) is 0 Å². The van der Waals surface area contributed by atoms with Gasteiger partial charge in [-0.15, -0.1) is 0 Å². The van der Waals surface area contributed by atoms with Gasteiger partial charge in [0, 0.05) is 30.2 Å². The Hall–Kier alpha value is -2.26. The van der Waals surface area contributed by atoms with Gasteiger partial charge in [0.1, 0.15) is 12.4 Å². The van der Waals surface area contributed by atoms with Crippen LogP contribution in [0.2, 0.25) is 0 Å². The molecule has 3 aromatic rings. The molecular formula is C21H26N2O. The average Bonchev–Trinajstić information content (AvgIpc) is 3.03. The number of nitrogens with zero attached hydrogens (tertiary/aromatic N) is 1. The van der Waals surface area contributed by atoms with Crippen LogP contribution in [-0.4, -0.2) is 17.7 Å². The zero-order valence-electron chi connectivity index (χ0n) is 14.4. The average molecular weight is 322 g/mol. The summed E-state index contributed by atoms with van der Waals surface area (Å²) in [6, 6.07) is 18.8. The van der Waals surface area contributed by atoms with Crippen LogP contribution in [0.25, 0.3) is 10.9 Å². The van der Waals surface area contributed by atoms with Gasteiger partial charge in [-0.2, -0.15) is 0 Å². The highest BCUT2D eigenvalue weighted by molar-refractivity contribution is 5.81. The van der Waals surface area contributed by atoms with Crippen LogP contribution in [0.5, 0.6) is 5.75 Å². The van der Waals surface area contributed by atoms with Gasteiger partial charge in [-0.3, -0.25) is 0 Å². The monoisotopic (exact) mass is 322 g/mol. The van der Waals surface area contributed by atoms with E-state index in [1.54, 1.807) is 0 Å². The number of rotatable bonds is 9. The normalized spacial score (nSPS) is 11.0. The number of ether oxygens (including phenoxy) is 1. The lowest BCUT2D eigenvalue weighted by Gasteiger charge is -2.09. The van der Waals surface area contributed by atoms with E-state index in [2.05, 4.69) is 59.4 Å². The van der Waals surface area contributed by atoms with Gasteiger partial charge in [0.2, 0.25) is 0 Å². The fourth-order valence-corrected chi connectivity index (χ4v) is 2.83. The Morgan fingerprint density at radius 1 is 1.00 bits per heavy atom. The highest BCUT2D eigenvalue weighted by Gasteiger charge is 2.03. The summed E-state index contributed by atoms with van der Waals surface area (Å²) in [5, 5.41) is 4.72. The molecule has 3 heteroatoms. The van der Waals surface area contributed by atoms with Gasteiger partial charge in [0.05, 0.1) is 0 Å². The van der Waals surface area contributed by atoms with Crippen LogP contribution in [0.15, 0.2) is 60.8 Å². The van der Waals surface area contributed by atoms with Crippen LogP contribution >= 0.6 is 0 Å². The van der Waals surface area contributed by atoms with Crippen molar-refractivity contribution in [2.75, 3.05) is 13.1 Å². The summed E-state index contributed by atoms with van der Waals surface area (Å²) in [4.78, 5) is 0. The van der Waals surface area contributed by atoms with Gasteiger partial charge in [-0.1, -0.05) is 43.7 Å². The smallest absolute Gasteiger partial charge is 0.120 e. The molecule has 0 unspecified atom stereocenters. The molecule has 0 aliphatic carbocycles. The van der Waals surface area contributed by atoms with E-state index in [-0.39, 0.29) is 0 Å². The van der Waals surface area contributed by atoms with Crippen molar-refractivity contribution in [3.8, 4) is 5.75 Å².